The molecule has 0 spiro atoms. The smallest absolute Gasteiger partial charge is 0.227 e. The molecule has 0 radical (unpaired) electrons. The van der Waals surface area contributed by atoms with Crippen LogP contribution in [0.3, 0.4) is 0 Å². The Kier molecular flexibility index (Phi) is 5.37. The fraction of sp³-hybridized carbons (Fsp3) is 0.409. The van der Waals surface area contributed by atoms with E-state index < -0.39 is 0 Å². The molecule has 2 saturated heterocycles. The van der Waals surface area contributed by atoms with Crippen molar-refractivity contribution in [2.75, 3.05) is 0 Å². The van der Waals surface area contributed by atoms with E-state index in [0.717, 1.165) is 24.8 Å². The van der Waals surface area contributed by atoms with E-state index in [1.165, 1.54) is 6.07 Å². The Balaban J connectivity index is 1.67. The molecule has 2 aliphatic rings. The van der Waals surface area contributed by atoms with Gasteiger partial charge in [-0.1, -0.05) is 30.7 Å². The van der Waals surface area contributed by atoms with E-state index in [-0.39, 0.29) is 42.2 Å². The molecule has 146 valence electrons. The Morgan fingerprint density at radius 1 is 1.21 bits per heavy atom. The molecule has 2 fully saturated rings. The first-order valence-electron chi connectivity index (χ1n) is 9.87. The van der Waals surface area contributed by atoms with Crippen LogP contribution in [0.1, 0.15) is 49.3 Å². The van der Waals surface area contributed by atoms with E-state index in [1.807, 2.05) is 11.0 Å². The lowest BCUT2D eigenvalue weighted by molar-refractivity contribution is -0.134. The monoisotopic (exact) mass is 381 g/mol. The summed E-state index contributed by atoms with van der Waals surface area (Å²) in [4.78, 5) is 31.4. The maximum Gasteiger partial charge on any atom is 0.227 e. The first-order chi connectivity index (χ1) is 13.6. The quantitative estimate of drug-likeness (QED) is 0.888. The Morgan fingerprint density at radius 2 is 2.07 bits per heavy atom. The van der Waals surface area contributed by atoms with E-state index in [2.05, 4.69) is 10.3 Å². The van der Waals surface area contributed by atoms with Crippen LogP contribution in [0.2, 0.25) is 0 Å². The van der Waals surface area contributed by atoms with Gasteiger partial charge in [0.1, 0.15) is 5.82 Å². The van der Waals surface area contributed by atoms with Crippen LogP contribution in [-0.2, 0) is 16.0 Å². The van der Waals surface area contributed by atoms with E-state index in [9.17, 15) is 14.0 Å². The summed E-state index contributed by atoms with van der Waals surface area (Å²) in [5.74, 6) is -0.348. The van der Waals surface area contributed by atoms with Crippen LogP contribution in [-0.4, -0.2) is 33.8 Å². The van der Waals surface area contributed by atoms with E-state index in [1.54, 1.807) is 36.7 Å². The molecule has 1 aromatic heterocycles. The lowest BCUT2D eigenvalue weighted by Gasteiger charge is -2.33. The van der Waals surface area contributed by atoms with Crippen LogP contribution in [0.25, 0.3) is 0 Å². The van der Waals surface area contributed by atoms with Crippen molar-refractivity contribution in [2.24, 2.45) is 0 Å². The summed E-state index contributed by atoms with van der Waals surface area (Å²) in [6.45, 7) is 0. The van der Waals surface area contributed by atoms with Gasteiger partial charge in [0.2, 0.25) is 11.8 Å². The van der Waals surface area contributed by atoms with E-state index >= 15 is 0 Å². The highest BCUT2D eigenvalue weighted by molar-refractivity contribution is 5.81. The van der Waals surface area contributed by atoms with Crippen LogP contribution in [0.5, 0.6) is 0 Å². The second-order valence-corrected chi connectivity index (χ2v) is 7.60. The number of carbonyl (C=O) groups excluding carboxylic acids is 2. The van der Waals surface area contributed by atoms with Gasteiger partial charge in [0.15, 0.2) is 0 Å². The lowest BCUT2D eigenvalue weighted by Crippen LogP contribution is -2.48. The SMILES string of the molecule is O=C1CCCC[C@H]2[C@@H](C[C@@H](c3ccccc3F)N2C(=O)Cc2cccnc2)N1. The number of nitrogens with one attached hydrogen (secondary N) is 1. The number of nitrogens with zero attached hydrogens (tertiary/aromatic N) is 2. The van der Waals surface area contributed by atoms with Gasteiger partial charge in [-0.05, 0) is 37.0 Å². The van der Waals surface area contributed by atoms with Gasteiger partial charge in [-0.3, -0.25) is 14.6 Å². The second-order valence-electron chi connectivity index (χ2n) is 7.60. The summed E-state index contributed by atoms with van der Waals surface area (Å²) in [7, 11) is 0. The zero-order valence-corrected chi connectivity index (χ0v) is 15.7. The molecule has 6 heteroatoms. The number of likely N-dealkylation sites (tertiary alicyclic amines) is 1. The first-order valence-corrected chi connectivity index (χ1v) is 9.87. The summed E-state index contributed by atoms with van der Waals surface area (Å²) in [5.41, 5.74) is 1.35. The predicted molar refractivity (Wildman–Crippen MR) is 103 cm³/mol. The number of rotatable bonds is 3. The number of pyridine rings is 1. The number of fused-ring (bicyclic) bond motifs is 1. The molecule has 2 aromatic rings. The fourth-order valence-electron chi connectivity index (χ4n) is 4.50. The fourth-order valence-corrected chi connectivity index (χ4v) is 4.50. The largest absolute Gasteiger partial charge is 0.351 e. The zero-order chi connectivity index (χ0) is 19.5. The maximum absolute atomic E-state index is 14.6. The summed E-state index contributed by atoms with van der Waals surface area (Å²) in [6.07, 6.45) is 7.13. The molecule has 1 N–H and O–H groups in total. The normalized spacial score (nSPS) is 24.8. The Morgan fingerprint density at radius 3 is 2.86 bits per heavy atom. The Labute approximate surface area is 164 Å². The van der Waals surface area contributed by atoms with Crippen LogP contribution in [0.15, 0.2) is 48.8 Å². The maximum atomic E-state index is 14.6. The molecule has 4 rings (SSSR count). The Hall–Kier alpha value is -2.76. The molecule has 0 aliphatic carbocycles. The van der Waals surface area contributed by atoms with E-state index in [0.29, 0.717) is 18.4 Å². The summed E-state index contributed by atoms with van der Waals surface area (Å²) >= 11 is 0. The number of halogens is 1. The molecule has 5 nitrogen and oxygen atoms in total. The molecule has 0 unspecified atom stereocenters. The minimum Gasteiger partial charge on any atom is -0.351 e. The third-order valence-corrected chi connectivity index (χ3v) is 5.77. The van der Waals surface area contributed by atoms with Crippen molar-refractivity contribution in [3.63, 3.8) is 0 Å². The first kappa shape index (κ1) is 18.6. The van der Waals surface area contributed by atoms with Gasteiger partial charge in [-0.15, -0.1) is 0 Å². The third kappa shape index (κ3) is 3.77. The molecule has 2 aliphatic heterocycles. The topological polar surface area (TPSA) is 62.3 Å². The van der Waals surface area contributed by atoms with Gasteiger partial charge in [-0.25, -0.2) is 4.39 Å². The van der Waals surface area contributed by atoms with Gasteiger partial charge in [-0.2, -0.15) is 0 Å². The van der Waals surface area contributed by atoms with Crippen LogP contribution >= 0.6 is 0 Å². The van der Waals surface area contributed by atoms with Crippen LogP contribution in [0, 0.1) is 5.82 Å². The van der Waals surface area contributed by atoms with Crippen molar-refractivity contribution >= 4 is 11.8 Å². The highest BCUT2D eigenvalue weighted by atomic mass is 19.1. The average molecular weight is 381 g/mol. The van der Waals surface area contributed by atoms with Gasteiger partial charge in [0.25, 0.3) is 0 Å². The van der Waals surface area contributed by atoms with Crippen molar-refractivity contribution in [2.45, 2.75) is 56.7 Å². The molecule has 3 heterocycles. The number of carbonyl (C=O) groups is 2. The molecule has 28 heavy (non-hydrogen) atoms. The molecular weight excluding hydrogens is 357 g/mol. The van der Waals surface area contributed by atoms with Crippen molar-refractivity contribution < 1.29 is 14.0 Å². The van der Waals surface area contributed by atoms with Crippen molar-refractivity contribution in [3.8, 4) is 0 Å². The number of hydrogen-bond donors (Lipinski definition) is 1. The van der Waals surface area contributed by atoms with Crippen LogP contribution < -0.4 is 5.32 Å². The second kappa shape index (κ2) is 8.09. The van der Waals surface area contributed by atoms with E-state index in [4.69, 9.17) is 0 Å². The summed E-state index contributed by atoms with van der Waals surface area (Å²) in [5, 5.41) is 3.08. The predicted octanol–water partition coefficient (Wildman–Crippen LogP) is 3.16. The summed E-state index contributed by atoms with van der Waals surface area (Å²) < 4.78 is 14.6. The molecule has 2 amide bonds. The minimum absolute atomic E-state index is 0.0172. The number of amides is 2. The summed E-state index contributed by atoms with van der Waals surface area (Å²) in [6, 6.07) is 9.66. The number of hydrogen-bond acceptors (Lipinski definition) is 3. The lowest BCUT2D eigenvalue weighted by atomic mass is 9.97. The molecule has 3 atom stereocenters. The van der Waals surface area contributed by atoms with Crippen molar-refractivity contribution in [1.29, 1.82) is 0 Å². The molecule has 0 bridgehead atoms. The molecule has 0 saturated carbocycles. The van der Waals surface area contributed by atoms with Gasteiger partial charge in [0, 0.05) is 24.4 Å². The highest BCUT2D eigenvalue weighted by Gasteiger charge is 2.45. The van der Waals surface area contributed by atoms with Gasteiger partial charge < -0.3 is 10.2 Å². The average Bonchev–Trinajstić information content (AvgIpc) is 3.02. The standard InChI is InChI=1S/C22H24FN3O2/c23-17-8-2-1-7-16(17)20-13-18-19(9-3-4-10-21(27)25-18)26(20)22(28)12-15-6-5-11-24-14-15/h1-2,5-8,11,14,18-20H,3-4,9-10,12-13H2,(H,25,27)/t18-,19+,20+/m1/s1. The molecule has 1 aromatic carbocycles. The number of benzene rings is 1. The minimum atomic E-state index is -0.376. The highest BCUT2D eigenvalue weighted by Crippen LogP contribution is 2.40. The van der Waals surface area contributed by atoms with Crippen LogP contribution in [0.4, 0.5) is 4.39 Å². The Bertz CT molecular complexity index is 858. The van der Waals surface area contributed by atoms with Gasteiger partial charge >= 0.3 is 0 Å². The number of aromatic nitrogens is 1. The van der Waals surface area contributed by atoms with Gasteiger partial charge in [0.05, 0.1) is 24.5 Å². The molecular formula is C22H24FN3O2. The van der Waals surface area contributed by atoms with Crippen molar-refractivity contribution in [3.05, 3.63) is 65.7 Å². The van der Waals surface area contributed by atoms with Crippen molar-refractivity contribution in [1.82, 2.24) is 15.2 Å². The zero-order valence-electron chi connectivity index (χ0n) is 15.7. The third-order valence-electron chi connectivity index (χ3n) is 5.77.